The van der Waals surface area contributed by atoms with Gasteiger partial charge in [-0.15, -0.1) is 0 Å². The predicted molar refractivity (Wildman–Crippen MR) is 148 cm³/mol. The average Bonchev–Trinajstić information content (AvgIpc) is 2.85. The Morgan fingerprint density at radius 2 is 1.03 bits per heavy atom. The lowest BCUT2D eigenvalue weighted by atomic mass is 10.0. The summed E-state index contributed by atoms with van der Waals surface area (Å²) >= 11 is 0. The minimum atomic E-state index is -1.02. The van der Waals surface area contributed by atoms with Gasteiger partial charge in [-0.05, 0) is 38.5 Å². The second-order valence-corrected chi connectivity index (χ2v) is 10.4. The molecule has 1 unspecified atom stereocenters. The van der Waals surface area contributed by atoms with Gasteiger partial charge in [-0.2, -0.15) is 0 Å². The predicted octanol–water partition coefficient (Wildman–Crippen LogP) is 8.11. The minimum absolute atomic E-state index is 0.0242. The van der Waals surface area contributed by atoms with Crippen LogP contribution in [0.25, 0.3) is 0 Å². The van der Waals surface area contributed by atoms with Crippen LogP contribution in [0.1, 0.15) is 162 Å². The lowest BCUT2D eigenvalue weighted by Crippen LogP contribution is -2.28. The van der Waals surface area contributed by atoms with E-state index in [9.17, 15) is 14.4 Å². The molecule has 6 nitrogen and oxygen atoms in total. The van der Waals surface area contributed by atoms with E-state index in [1.807, 2.05) is 0 Å². The van der Waals surface area contributed by atoms with Crippen molar-refractivity contribution in [2.24, 2.45) is 0 Å². The maximum Gasteiger partial charge on any atom is 0.322 e. The summed E-state index contributed by atoms with van der Waals surface area (Å²) in [5.41, 5.74) is 0. The quantitative estimate of drug-likeness (QED) is 0.0858. The molecule has 0 aliphatic carbocycles. The van der Waals surface area contributed by atoms with Gasteiger partial charge in [-0.3, -0.25) is 14.4 Å². The molecular weight excluding hydrogens is 454 g/mol. The maximum atomic E-state index is 12.4. The smallest absolute Gasteiger partial charge is 0.322 e. The van der Waals surface area contributed by atoms with Crippen molar-refractivity contribution in [3.63, 3.8) is 0 Å². The Balaban J connectivity index is 4.11. The number of carboxylic acid groups (broad SMARTS) is 1. The number of rotatable bonds is 27. The van der Waals surface area contributed by atoms with Crippen LogP contribution in [0.3, 0.4) is 0 Å². The van der Waals surface area contributed by atoms with Crippen LogP contribution in [0.15, 0.2) is 0 Å². The van der Waals surface area contributed by atoms with Gasteiger partial charge in [-0.1, -0.05) is 110 Å². The molecule has 36 heavy (non-hydrogen) atoms. The van der Waals surface area contributed by atoms with Crippen molar-refractivity contribution in [2.45, 2.75) is 168 Å². The molecular formula is C30H57NO5. The molecule has 0 bridgehead atoms. The second-order valence-electron chi connectivity index (χ2n) is 10.4. The van der Waals surface area contributed by atoms with Crippen molar-refractivity contribution in [2.75, 3.05) is 6.54 Å². The van der Waals surface area contributed by atoms with Crippen LogP contribution in [-0.2, 0) is 19.1 Å². The maximum absolute atomic E-state index is 12.4. The molecule has 0 radical (unpaired) electrons. The van der Waals surface area contributed by atoms with Crippen LogP contribution in [-0.4, -0.2) is 35.6 Å². The Labute approximate surface area is 221 Å². The number of ether oxygens (including phenoxy) is 1. The fourth-order valence-electron chi connectivity index (χ4n) is 4.51. The first-order valence-electron chi connectivity index (χ1n) is 15.2. The fraction of sp³-hybridized carbons (Fsp3) is 0.900. The van der Waals surface area contributed by atoms with E-state index in [0.717, 1.165) is 64.2 Å². The van der Waals surface area contributed by atoms with Crippen molar-refractivity contribution in [1.82, 2.24) is 5.32 Å². The van der Waals surface area contributed by atoms with Gasteiger partial charge in [0.1, 0.15) is 12.6 Å². The number of hydrogen-bond acceptors (Lipinski definition) is 4. The molecule has 0 fully saturated rings. The number of aliphatic carboxylic acids is 1. The number of nitrogens with one attached hydrogen (secondary N) is 1. The third-order valence-electron chi connectivity index (χ3n) is 6.78. The zero-order valence-electron chi connectivity index (χ0n) is 23.6. The lowest BCUT2D eigenvalue weighted by molar-refractivity contribution is -0.150. The Morgan fingerprint density at radius 1 is 0.611 bits per heavy atom. The third-order valence-corrected chi connectivity index (χ3v) is 6.78. The molecule has 0 aliphatic heterocycles. The van der Waals surface area contributed by atoms with Gasteiger partial charge in [0.05, 0.1) is 0 Å². The lowest BCUT2D eigenvalue weighted by Gasteiger charge is -2.18. The number of amides is 1. The van der Waals surface area contributed by atoms with Gasteiger partial charge in [0, 0.05) is 12.8 Å². The van der Waals surface area contributed by atoms with Crippen molar-refractivity contribution < 1.29 is 24.2 Å². The van der Waals surface area contributed by atoms with Gasteiger partial charge in [0.15, 0.2) is 0 Å². The molecule has 2 N–H and O–H groups in total. The Hall–Kier alpha value is -1.59. The Morgan fingerprint density at radius 3 is 1.50 bits per heavy atom. The SMILES string of the molecule is CCCCCCCCCC(=O)OC(CCCCCCCCC)CCCCCCCC(=O)NCC(=O)O. The highest BCUT2D eigenvalue weighted by molar-refractivity contribution is 5.80. The molecule has 212 valence electrons. The normalized spacial score (nSPS) is 11.8. The van der Waals surface area contributed by atoms with Crippen LogP contribution >= 0.6 is 0 Å². The number of unbranched alkanes of at least 4 members (excludes halogenated alkanes) is 16. The number of hydrogen-bond donors (Lipinski definition) is 2. The summed E-state index contributed by atoms with van der Waals surface area (Å²) in [5.74, 6) is -1.23. The zero-order chi connectivity index (χ0) is 26.7. The van der Waals surface area contributed by atoms with Crippen molar-refractivity contribution in [1.29, 1.82) is 0 Å². The van der Waals surface area contributed by atoms with E-state index in [4.69, 9.17) is 9.84 Å². The van der Waals surface area contributed by atoms with E-state index < -0.39 is 5.97 Å². The van der Waals surface area contributed by atoms with Gasteiger partial charge in [0.2, 0.25) is 5.91 Å². The molecule has 0 spiro atoms. The van der Waals surface area contributed by atoms with E-state index >= 15 is 0 Å². The van der Waals surface area contributed by atoms with E-state index in [1.54, 1.807) is 0 Å². The number of carbonyl (C=O) groups excluding carboxylic acids is 2. The summed E-state index contributed by atoms with van der Waals surface area (Å²) in [6.07, 6.45) is 25.1. The number of esters is 1. The molecule has 0 rings (SSSR count). The van der Waals surface area contributed by atoms with Crippen LogP contribution in [0.4, 0.5) is 0 Å². The Bertz CT molecular complexity index is 537. The van der Waals surface area contributed by atoms with Crippen LogP contribution < -0.4 is 5.32 Å². The second kappa shape index (κ2) is 26.5. The molecule has 0 aromatic heterocycles. The van der Waals surface area contributed by atoms with Gasteiger partial charge in [-0.25, -0.2) is 0 Å². The summed E-state index contributed by atoms with van der Waals surface area (Å²) in [7, 11) is 0. The van der Waals surface area contributed by atoms with E-state index in [1.165, 1.54) is 70.6 Å². The molecule has 0 aliphatic rings. The standard InChI is InChI=1S/C30H57NO5/c1-3-5-7-9-11-14-18-22-27(36-30(35)25-21-17-12-10-8-6-4-2)23-19-15-13-16-20-24-28(32)31-26-29(33)34/h27H,3-26H2,1-2H3,(H,31,32)(H,33,34). The summed E-state index contributed by atoms with van der Waals surface area (Å²) in [4.78, 5) is 34.5. The van der Waals surface area contributed by atoms with Crippen molar-refractivity contribution in [3.8, 4) is 0 Å². The van der Waals surface area contributed by atoms with E-state index in [2.05, 4.69) is 19.2 Å². The van der Waals surface area contributed by atoms with Gasteiger partial charge < -0.3 is 15.2 Å². The highest BCUT2D eigenvalue weighted by Gasteiger charge is 2.14. The molecule has 0 aromatic carbocycles. The molecule has 1 amide bonds. The van der Waals surface area contributed by atoms with Crippen LogP contribution in [0.2, 0.25) is 0 Å². The molecule has 0 heterocycles. The van der Waals surface area contributed by atoms with E-state index in [-0.39, 0.29) is 24.5 Å². The number of carboxylic acids is 1. The van der Waals surface area contributed by atoms with Gasteiger partial charge >= 0.3 is 11.9 Å². The summed E-state index contributed by atoms with van der Waals surface area (Å²) in [5, 5.41) is 11.0. The monoisotopic (exact) mass is 511 g/mol. The highest BCUT2D eigenvalue weighted by Crippen LogP contribution is 2.18. The van der Waals surface area contributed by atoms with Crippen molar-refractivity contribution >= 4 is 17.8 Å². The average molecular weight is 512 g/mol. The molecule has 0 saturated carbocycles. The third kappa shape index (κ3) is 25.5. The molecule has 0 saturated heterocycles. The number of carbonyl (C=O) groups is 3. The Kier molecular flexibility index (Phi) is 25.3. The summed E-state index contributed by atoms with van der Waals surface area (Å²) in [6, 6.07) is 0. The first kappa shape index (κ1) is 34.4. The first-order valence-corrected chi connectivity index (χ1v) is 15.2. The zero-order valence-corrected chi connectivity index (χ0v) is 23.6. The van der Waals surface area contributed by atoms with Crippen molar-refractivity contribution in [3.05, 3.63) is 0 Å². The molecule has 1 atom stereocenters. The molecule has 0 aromatic rings. The van der Waals surface area contributed by atoms with E-state index in [0.29, 0.717) is 12.8 Å². The topological polar surface area (TPSA) is 92.7 Å². The summed E-state index contributed by atoms with van der Waals surface area (Å²) < 4.78 is 5.91. The highest BCUT2D eigenvalue weighted by atomic mass is 16.5. The minimum Gasteiger partial charge on any atom is -0.480 e. The first-order chi connectivity index (χ1) is 17.5. The largest absolute Gasteiger partial charge is 0.480 e. The molecule has 6 heteroatoms. The van der Waals surface area contributed by atoms with Gasteiger partial charge in [0.25, 0.3) is 0 Å². The van der Waals surface area contributed by atoms with Crippen LogP contribution in [0.5, 0.6) is 0 Å². The fourth-order valence-corrected chi connectivity index (χ4v) is 4.51. The summed E-state index contributed by atoms with van der Waals surface area (Å²) in [6.45, 7) is 4.16. The van der Waals surface area contributed by atoms with Crippen LogP contribution in [0, 0.1) is 0 Å².